The van der Waals surface area contributed by atoms with E-state index in [9.17, 15) is 4.79 Å². The Morgan fingerprint density at radius 2 is 1.83 bits per heavy atom. The number of amides is 1. The van der Waals surface area contributed by atoms with Gasteiger partial charge in [0.15, 0.2) is 0 Å². The van der Waals surface area contributed by atoms with Crippen LogP contribution in [0.1, 0.15) is 58.1 Å². The SMILES string of the molecule is CCCC(CCC)NC(=O)O[C@@H](C)[C@@H](OC)c1ccccc1I. The van der Waals surface area contributed by atoms with Gasteiger partial charge in [-0.15, -0.1) is 0 Å². The first kappa shape index (κ1) is 20.2. The second kappa shape index (κ2) is 10.9. The van der Waals surface area contributed by atoms with Crippen LogP contribution >= 0.6 is 22.6 Å². The fraction of sp³-hybridized carbons (Fsp3) is 0.611. The highest BCUT2D eigenvalue weighted by molar-refractivity contribution is 14.1. The summed E-state index contributed by atoms with van der Waals surface area (Å²) in [5.41, 5.74) is 1.04. The van der Waals surface area contributed by atoms with E-state index in [2.05, 4.69) is 41.8 Å². The van der Waals surface area contributed by atoms with Gasteiger partial charge in [-0.25, -0.2) is 4.79 Å². The second-order valence-electron chi connectivity index (χ2n) is 5.71. The van der Waals surface area contributed by atoms with Crippen LogP contribution in [0.4, 0.5) is 4.79 Å². The molecule has 0 unspecified atom stereocenters. The summed E-state index contributed by atoms with van der Waals surface area (Å²) >= 11 is 2.27. The molecular weight excluding hydrogens is 405 g/mol. The van der Waals surface area contributed by atoms with Gasteiger partial charge in [-0.1, -0.05) is 44.9 Å². The Morgan fingerprint density at radius 1 is 1.22 bits per heavy atom. The normalized spacial score (nSPS) is 13.7. The third-order valence-corrected chi connectivity index (χ3v) is 4.76. The molecule has 1 aromatic carbocycles. The predicted molar refractivity (Wildman–Crippen MR) is 102 cm³/mol. The van der Waals surface area contributed by atoms with Crippen molar-refractivity contribution in [3.63, 3.8) is 0 Å². The fourth-order valence-corrected chi connectivity index (χ4v) is 3.39. The monoisotopic (exact) mass is 433 g/mol. The van der Waals surface area contributed by atoms with E-state index < -0.39 is 0 Å². The van der Waals surface area contributed by atoms with Crippen molar-refractivity contribution in [3.05, 3.63) is 33.4 Å². The van der Waals surface area contributed by atoms with Gasteiger partial charge >= 0.3 is 6.09 Å². The maximum absolute atomic E-state index is 12.2. The van der Waals surface area contributed by atoms with E-state index in [1.807, 2.05) is 31.2 Å². The molecule has 0 aliphatic rings. The van der Waals surface area contributed by atoms with Crippen LogP contribution in [0.15, 0.2) is 24.3 Å². The number of hydrogen-bond donors (Lipinski definition) is 1. The van der Waals surface area contributed by atoms with E-state index in [1.54, 1.807) is 7.11 Å². The fourth-order valence-electron chi connectivity index (χ4n) is 2.69. The average molecular weight is 433 g/mol. The molecule has 4 nitrogen and oxygen atoms in total. The Bertz CT molecular complexity index is 475. The molecular formula is C18H28INO3. The number of methoxy groups -OCH3 is 1. The minimum atomic E-state index is -0.364. The minimum Gasteiger partial charge on any atom is -0.443 e. The van der Waals surface area contributed by atoms with Crippen molar-refractivity contribution in [1.82, 2.24) is 5.32 Å². The van der Waals surface area contributed by atoms with Crippen molar-refractivity contribution < 1.29 is 14.3 Å². The summed E-state index contributed by atoms with van der Waals surface area (Å²) in [5, 5.41) is 2.98. The van der Waals surface area contributed by atoms with Crippen LogP contribution in [0.3, 0.4) is 0 Å². The Labute approximate surface area is 153 Å². The number of rotatable bonds is 9. The lowest BCUT2D eigenvalue weighted by atomic mass is 10.1. The summed E-state index contributed by atoms with van der Waals surface area (Å²) < 4.78 is 12.2. The zero-order valence-corrected chi connectivity index (χ0v) is 16.6. The lowest BCUT2D eigenvalue weighted by molar-refractivity contribution is -0.0161. The summed E-state index contributed by atoms with van der Waals surface area (Å²) in [6.45, 7) is 6.11. The first-order chi connectivity index (χ1) is 11.0. The quantitative estimate of drug-likeness (QED) is 0.554. The number of nitrogens with one attached hydrogen (secondary N) is 1. The van der Waals surface area contributed by atoms with E-state index in [0.29, 0.717) is 0 Å². The van der Waals surface area contributed by atoms with Crippen LogP contribution in [0.25, 0.3) is 0 Å². The van der Waals surface area contributed by atoms with E-state index in [0.717, 1.165) is 34.8 Å². The van der Waals surface area contributed by atoms with Crippen molar-refractivity contribution in [2.45, 2.75) is 64.7 Å². The molecule has 0 spiro atoms. The van der Waals surface area contributed by atoms with Gasteiger partial charge in [0.05, 0.1) is 0 Å². The lowest BCUT2D eigenvalue weighted by Gasteiger charge is -2.25. The van der Waals surface area contributed by atoms with Crippen LogP contribution < -0.4 is 5.32 Å². The van der Waals surface area contributed by atoms with Gasteiger partial charge in [0, 0.05) is 16.7 Å². The predicted octanol–water partition coefficient (Wildman–Crippen LogP) is 5.06. The Balaban J connectivity index is 2.67. The highest BCUT2D eigenvalue weighted by Crippen LogP contribution is 2.27. The topological polar surface area (TPSA) is 47.6 Å². The van der Waals surface area contributed by atoms with Gasteiger partial charge in [-0.05, 0) is 54.0 Å². The maximum atomic E-state index is 12.2. The van der Waals surface area contributed by atoms with Crippen LogP contribution in [-0.2, 0) is 9.47 Å². The molecule has 1 rings (SSSR count). The number of ether oxygens (including phenoxy) is 2. The van der Waals surface area contributed by atoms with E-state index >= 15 is 0 Å². The van der Waals surface area contributed by atoms with Gasteiger partial charge in [0.2, 0.25) is 0 Å². The standard InChI is InChI=1S/C18H28INO3/c1-5-9-14(10-6-2)20-18(21)23-13(3)17(22-4)15-11-7-8-12-16(15)19/h7-8,11-14,17H,5-6,9-10H2,1-4H3,(H,20,21)/t13-,17+/m0/s1. The van der Waals surface area contributed by atoms with Crippen LogP contribution in [0, 0.1) is 3.57 Å². The molecule has 0 aliphatic carbocycles. The minimum absolute atomic E-state index is 0.183. The first-order valence-corrected chi connectivity index (χ1v) is 9.35. The number of alkyl carbamates (subject to hydrolysis) is 1. The molecule has 1 amide bonds. The molecule has 0 saturated heterocycles. The molecule has 0 bridgehead atoms. The summed E-state index contributed by atoms with van der Waals surface area (Å²) in [6.07, 6.45) is 3.04. The molecule has 1 N–H and O–H groups in total. The molecule has 2 atom stereocenters. The highest BCUT2D eigenvalue weighted by atomic mass is 127. The van der Waals surface area contributed by atoms with E-state index in [4.69, 9.17) is 9.47 Å². The van der Waals surface area contributed by atoms with Crippen molar-refractivity contribution in [2.75, 3.05) is 7.11 Å². The number of benzene rings is 1. The van der Waals surface area contributed by atoms with Crippen molar-refractivity contribution in [2.24, 2.45) is 0 Å². The highest BCUT2D eigenvalue weighted by Gasteiger charge is 2.25. The third-order valence-electron chi connectivity index (χ3n) is 3.78. The lowest BCUT2D eigenvalue weighted by Crippen LogP contribution is -2.38. The van der Waals surface area contributed by atoms with Gasteiger partial charge in [-0.3, -0.25) is 0 Å². The van der Waals surface area contributed by atoms with Crippen molar-refractivity contribution in [1.29, 1.82) is 0 Å². The van der Waals surface area contributed by atoms with E-state index in [1.165, 1.54) is 0 Å². The Kier molecular flexibility index (Phi) is 9.55. The molecule has 0 heterocycles. The first-order valence-electron chi connectivity index (χ1n) is 8.27. The molecule has 130 valence electrons. The van der Waals surface area contributed by atoms with Crippen molar-refractivity contribution in [3.8, 4) is 0 Å². The van der Waals surface area contributed by atoms with Gasteiger partial charge < -0.3 is 14.8 Å². The molecule has 23 heavy (non-hydrogen) atoms. The zero-order valence-electron chi connectivity index (χ0n) is 14.5. The van der Waals surface area contributed by atoms with Crippen LogP contribution in [0.2, 0.25) is 0 Å². The second-order valence-corrected chi connectivity index (χ2v) is 6.87. The third kappa shape index (κ3) is 6.67. The van der Waals surface area contributed by atoms with Crippen molar-refractivity contribution >= 4 is 28.7 Å². The Morgan fingerprint density at radius 3 is 2.35 bits per heavy atom. The Hall–Kier alpha value is -0.820. The summed E-state index contributed by atoms with van der Waals surface area (Å²) in [4.78, 5) is 12.2. The molecule has 0 aromatic heterocycles. The summed E-state index contributed by atoms with van der Waals surface area (Å²) in [5.74, 6) is 0. The molecule has 1 aromatic rings. The molecule has 0 aliphatic heterocycles. The summed E-state index contributed by atoms with van der Waals surface area (Å²) in [7, 11) is 1.64. The smallest absolute Gasteiger partial charge is 0.407 e. The molecule has 5 heteroatoms. The number of carbonyl (C=O) groups excluding carboxylic acids is 1. The van der Waals surface area contributed by atoms with Gasteiger partial charge in [0.25, 0.3) is 0 Å². The number of carbonyl (C=O) groups is 1. The van der Waals surface area contributed by atoms with Crippen LogP contribution in [0.5, 0.6) is 0 Å². The van der Waals surface area contributed by atoms with Gasteiger partial charge in [0.1, 0.15) is 12.2 Å². The number of hydrogen-bond acceptors (Lipinski definition) is 3. The molecule has 0 radical (unpaired) electrons. The largest absolute Gasteiger partial charge is 0.443 e. The van der Waals surface area contributed by atoms with E-state index in [-0.39, 0.29) is 24.3 Å². The van der Waals surface area contributed by atoms with Crippen LogP contribution in [-0.4, -0.2) is 25.3 Å². The molecule has 0 fully saturated rings. The number of halogens is 1. The summed E-state index contributed by atoms with van der Waals surface area (Å²) in [6, 6.07) is 8.16. The molecule has 0 saturated carbocycles. The zero-order chi connectivity index (χ0) is 17.2. The van der Waals surface area contributed by atoms with Gasteiger partial charge in [-0.2, -0.15) is 0 Å². The maximum Gasteiger partial charge on any atom is 0.407 e. The average Bonchev–Trinajstić information content (AvgIpc) is 2.50.